The molecular weight excluding hydrogens is 618 g/mol. The summed E-state index contributed by atoms with van der Waals surface area (Å²) in [6.07, 6.45) is 3.53. The van der Waals surface area contributed by atoms with Crippen molar-refractivity contribution < 1.29 is 9.59 Å². The van der Waals surface area contributed by atoms with Gasteiger partial charge in [0.1, 0.15) is 17.7 Å². The number of ketones is 1. The Morgan fingerprint density at radius 2 is 1.63 bits per heavy atom. The molecule has 0 saturated carbocycles. The van der Waals surface area contributed by atoms with Crippen LogP contribution in [0.25, 0.3) is 27.8 Å². The number of H-pyrrole nitrogens is 1. The van der Waals surface area contributed by atoms with Crippen molar-refractivity contribution in [2.45, 2.75) is 25.8 Å². The van der Waals surface area contributed by atoms with Crippen molar-refractivity contribution in [3.63, 3.8) is 0 Å². The zero-order chi connectivity index (χ0) is 33.9. The number of nitrogen functional groups attached to an aromatic ring is 1. The first-order valence-corrected chi connectivity index (χ1v) is 15.7. The van der Waals surface area contributed by atoms with E-state index in [4.69, 9.17) is 10.7 Å². The Morgan fingerprint density at radius 3 is 2.41 bits per heavy atom. The maximum absolute atomic E-state index is 14.5. The molecule has 0 aliphatic carbocycles. The number of Topliss-reactive ketones (excluding diaryl/α,β-unsaturated/α-hetero) is 1. The van der Waals surface area contributed by atoms with Gasteiger partial charge in [0, 0.05) is 17.5 Å². The van der Waals surface area contributed by atoms with Crippen LogP contribution in [0.15, 0.2) is 115 Å². The summed E-state index contributed by atoms with van der Waals surface area (Å²) in [5, 5.41) is 6.57. The van der Waals surface area contributed by atoms with Crippen LogP contribution in [0.1, 0.15) is 51.5 Å². The molecule has 0 bridgehead atoms. The van der Waals surface area contributed by atoms with Crippen LogP contribution in [0, 0.1) is 0 Å². The van der Waals surface area contributed by atoms with Crippen LogP contribution in [-0.4, -0.2) is 41.2 Å². The second kappa shape index (κ2) is 13.2. The maximum Gasteiger partial charge on any atom is 0.266 e. The highest BCUT2D eigenvalue weighted by Crippen LogP contribution is 2.27. The van der Waals surface area contributed by atoms with E-state index in [1.807, 2.05) is 37.3 Å². The van der Waals surface area contributed by atoms with E-state index in [1.165, 1.54) is 6.33 Å². The number of aromatic amines is 1. The molecule has 5 N–H and O–H groups in total. The Hall–Kier alpha value is -6.69. The molecule has 0 spiro atoms. The number of hydrogen-bond acceptors (Lipinski definition) is 9. The Bertz CT molecular complexity index is 2390. The molecule has 1 atom stereocenters. The first kappa shape index (κ1) is 30.9. The third kappa shape index (κ3) is 6.10. The number of hydrogen-bond donors (Lipinski definition) is 4. The molecule has 0 fully saturated rings. The van der Waals surface area contributed by atoms with Crippen LogP contribution in [0.4, 0.5) is 17.2 Å². The lowest BCUT2D eigenvalue weighted by Crippen LogP contribution is -2.29. The predicted octanol–water partition coefficient (Wildman–Crippen LogP) is 5.88. The molecule has 12 heteroatoms. The fourth-order valence-corrected chi connectivity index (χ4v) is 5.80. The van der Waals surface area contributed by atoms with Crippen molar-refractivity contribution in [3.8, 4) is 5.69 Å². The Labute approximate surface area is 280 Å². The van der Waals surface area contributed by atoms with Gasteiger partial charge >= 0.3 is 0 Å². The van der Waals surface area contributed by atoms with E-state index >= 15 is 0 Å². The maximum atomic E-state index is 14.5. The van der Waals surface area contributed by atoms with Gasteiger partial charge in [-0.05, 0) is 54.4 Å². The molecule has 12 nitrogen and oxygen atoms in total. The quantitative estimate of drug-likeness (QED) is 0.104. The van der Waals surface area contributed by atoms with E-state index in [9.17, 15) is 14.4 Å². The molecule has 0 aliphatic heterocycles. The topological polar surface area (TPSA) is 174 Å². The summed E-state index contributed by atoms with van der Waals surface area (Å²) in [4.78, 5) is 61.9. The molecule has 242 valence electrons. The lowest BCUT2D eigenvalue weighted by atomic mass is 9.99. The molecular formula is C37H31N9O3. The van der Waals surface area contributed by atoms with E-state index in [0.717, 1.165) is 0 Å². The standard InChI is InChI=1S/C37H31N9O3/c1-2-27(43-34-32-33(40-20-39-32)41-21-42-34)35-44-29-14-8-9-24(31(29)37(49)46(35)25-10-4-3-5-11-25)19-30(47)22-15-17-23(18-16-22)36(48)45-28-13-7-6-12-26(28)38/h3-18,20-21,27H,2,19,38H2,1H3,(H,45,48)(H2,39,40,41,42,43)/t27-/m0/s1. The SMILES string of the molecule is CC[C@H](Nc1ncnc2[nH]cnc12)c1nc2cccc(CC(=O)c3ccc(C(=O)Nc4ccccc4N)cc3)c2c(=O)n1-c1ccccc1. The van der Waals surface area contributed by atoms with Gasteiger partial charge in [-0.25, -0.2) is 19.9 Å². The number of nitrogens with two attached hydrogens (primary N) is 1. The molecule has 0 unspecified atom stereocenters. The zero-order valence-electron chi connectivity index (χ0n) is 26.4. The third-order valence-corrected chi connectivity index (χ3v) is 8.30. The normalized spacial score (nSPS) is 11.8. The minimum absolute atomic E-state index is 0.0397. The van der Waals surface area contributed by atoms with Crippen LogP contribution in [0.5, 0.6) is 0 Å². The average molecular weight is 650 g/mol. The molecule has 3 heterocycles. The van der Waals surface area contributed by atoms with Crippen LogP contribution >= 0.6 is 0 Å². The van der Waals surface area contributed by atoms with Crippen molar-refractivity contribution >= 4 is 50.9 Å². The van der Waals surface area contributed by atoms with Gasteiger partial charge in [-0.1, -0.05) is 61.5 Å². The molecule has 3 aromatic heterocycles. The number of carbonyl (C=O) groups is 2. The molecule has 0 aliphatic rings. The van der Waals surface area contributed by atoms with Crippen LogP contribution in [-0.2, 0) is 6.42 Å². The zero-order valence-corrected chi connectivity index (χ0v) is 26.4. The number of anilines is 3. The molecule has 7 aromatic rings. The lowest BCUT2D eigenvalue weighted by Gasteiger charge is -2.22. The summed E-state index contributed by atoms with van der Waals surface area (Å²) in [5.74, 6) is 0.450. The first-order valence-electron chi connectivity index (χ1n) is 15.7. The van der Waals surface area contributed by atoms with Crippen molar-refractivity contribution in [1.82, 2.24) is 29.5 Å². The van der Waals surface area contributed by atoms with Crippen molar-refractivity contribution in [2.24, 2.45) is 0 Å². The summed E-state index contributed by atoms with van der Waals surface area (Å²) >= 11 is 0. The number of imidazole rings is 1. The molecule has 7 rings (SSSR count). The number of nitrogens with zero attached hydrogens (tertiary/aromatic N) is 5. The van der Waals surface area contributed by atoms with Crippen LogP contribution in [0.2, 0.25) is 0 Å². The van der Waals surface area contributed by atoms with Gasteiger partial charge in [-0.2, -0.15) is 0 Å². The Kier molecular flexibility index (Phi) is 8.33. The smallest absolute Gasteiger partial charge is 0.266 e. The Morgan fingerprint density at radius 1 is 0.878 bits per heavy atom. The number of carbonyl (C=O) groups excluding carboxylic acids is 2. The van der Waals surface area contributed by atoms with Gasteiger partial charge in [0.25, 0.3) is 11.5 Å². The molecule has 1 amide bonds. The predicted molar refractivity (Wildman–Crippen MR) is 189 cm³/mol. The highest BCUT2D eigenvalue weighted by atomic mass is 16.2. The first-order chi connectivity index (χ1) is 23.9. The van der Waals surface area contributed by atoms with Gasteiger partial charge in [-0.15, -0.1) is 0 Å². The molecule has 4 aromatic carbocycles. The minimum Gasteiger partial charge on any atom is -0.397 e. The van der Waals surface area contributed by atoms with E-state index in [0.29, 0.717) is 73.9 Å². The van der Waals surface area contributed by atoms with E-state index in [2.05, 4.69) is 30.6 Å². The van der Waals surface area contributed by atoms with E-state index < -0.39 is 6.04 Å². The summed E-state index contributed by atoms with van der Waals surface area (Å²) < 4.78 is 1.59. The highest BCUT2D eigenvalue weighted by Gasteiger charge is 2.24. The van der Waals surface area contributed by atoms with Gasteiger partial charge in [0.2, 0.25) is 0 Å². The van der Waals surface area contributed by atoms with Gasteiger partial charge in [0.05, 0.1) is 40.3 Å². The Balaban J connectivity index is 1.22. The summed E-state index contributed by atoms with van der Waals surface area (Å²) in [5.41, 5.74) is 10.2. The summed E-state index contributed by atoms with van der Waals surface area (Å²) in [7, 11) is 0. The van der Waals surface area contributed by atoms with Crippen LogP contribution < -0.4 is 21.9 Å². The largest absolute Gasteiger partial charge is 0.397 e. The number of benzene rings is 4. The van der Waals surface area contributed by atoms with E-state index in [-0.39, 0.29) is 23.7 Å². The fraction of sp³-hybridized carbons (Fsp3) is 0.108. The monoisotopic (exact) mass is 649 g/mol. The number of amides is 1. The molecule has 0 saturated heterocycles. The third-order valence-electron chi connectivity index (χ3n) is 8.30. The average Bonchev–Trinajstić information content (AvgIpc) is 3.62. The number of fused-ring (bicyclic) bond motifs is 2. The molecule has 49 heavy (non-hydrogen) atoms. The van der Waals surface area contributed by atoms with Gasteiger partial charge in [-0.3, -0.25) is 19.0 Å². The van der Waals surface area contributed by atoms with E-state index in [1.54, 1.807) is 77.6 Å². The number of nitrogens with one attached hydrogen (secondary N) is 3. The molecule has 0 radical (unpaired) electrons. The van der Waals surface area contributed by atoms with Crippen molar-refractivity contribution in [2.75, 3.05) is 16.4 Å². The van der Waals surface area contributed by atoms with Crippen molar-refractivity contribution in [1.29, 1.82) is 0 Å². The second-order valence-electron chi connectivity index (χ2n) is 11.4. The number of rotatable bonds is 10. The highest BCUT2D eigenvalue weighted by molar-refractivity contribution is 6.07. The van der Waals surface area contributed by atoms with Gasteiger partial charge in [0.15, 0.2) is 17.2 Å². The van der Waals surface area contributed by atoms with Crippen LogP contribution in [0.3, 0.4) is 0 Å². The summed E-state index contributed by atoms with van der Waals surface area (Å²) in [6, 6.07) is 27.6. The van der Waals surface area contributed by atoms with Crippen molar-refractivity contribution in [3.05, 3.63) is 143 Å². The minimum atomic E-state index is -0.425. The van der Waals surface area contributed by atoms with Gasteiger partial charge < -0.3 is 21.4 Å². The number of para-hydroxylation sites is 3. The number of aromatic nitrogens is 6. The fourth-order valence-electron chi connectivity index (χ4n) is 5.80. The summed E-state index contributed by atoms with van der Waals surface area (Å²) in [6.45, 7) is 1.99. The second-order valence-corrected chi connectivity index (χ2v) is 11.4. The lowest BCUT2D eigenvalue weighted by molar-refractivity contribution is 0.0989.